The van der Waals surface area contributed by atoms with Gasteiger partial charge >= 0.3 is 5.97 Å². The fraction of sp³-hybridized carbons (Fsp3) is 0.545. The molecule has 0 amide bonds. The highest BCUT2D eigenvalue weighted by Crippen LogP contribution is 2.43. The largest absolute Gasteiger partial charge is 0.456 e. The van der Waals surface area contributed by atoms with Gasteiger partial charge in [-0.05, 0) is 48.0 Å². The summed E-state index contributed by atoms with van der Waals surface area (Å²) < 4.78 is 17.3. The molecule has 0 fully saturated rings. The first-order valence-corrected chi connectivity index (χ1v) is 16.2. The number of carbonyl (C=O) groups is 1. The lowest BCUT2D eigenvalue weighted by molar-refractivity contribution is -0.215. The maximum Gasteiger partial charge on any atom is 0.340 e. The molecule has 4 atom stereocenters. The Kier molecular flexibility index (Phi) is 9.77. The van der Waals surface area contributed by atoms with Gasteiger partial charge in [0, 0.05) is 26.9 Å². The minimum atomic E-state index is -3.10. The number of esters is 1. The number of benzene rings is 2. The molecule has 0 aromatic heterocycles. The number of methoxy groups -OCH3 is 1. The van der Waals surface area contributed by atoms with Crippen molar-refractivity contribution in [3.05, 3.63) is 72.0 Å². The van der Waals surface area contributed by atoms with Crippen molar-refractivity contribution in [3.63, 3.8) is 0 Å². The fourth-order valence-electron chi connectivity index (χ4n) is 6.08. The number of ether oxygens (including phenoxy) is 3. The minimum Gasteiger partial charge on any atom is -0.456 e. The molecule has 6 nitrogen and oxygen atoms in total. The van der Waals surface area contributed by atoms with Crippen LogP contribution in [-0.2, 0) is 19.0 Å². The summed E-state index contributed by atoms with van der Waals surface area (Å²) >= 11 is 0. The van der Waals surface area contributed by atoms with Gasteiger partial charge in [-0.3, -0.25) is 0 Å². The quantitative estimate of drug-likeness (QED) is 0.267. The van der Waals surface area contributed by atoms with E-state index in [1.807, 2.05) is 74.5 Å². The Bertz CT molecular complexity index is 1140. The third-order valence-electron chi connectivity index (χ3n) is 8.73. The monoisotopic (exact) mass is 568 g/mol. The average molecular weight is 569 g/mol. The van der Waals surface area contributed by atoms with Crippen molar-refractivity contribution in [2.45, 2.75) is 97.2 Å². The molecule has 1 aliphatic heterocycles. The average Bonchev–Trinajstić information content (AvgIpc) is 2.93. The Hall–Kier alpha value is -2.45. The first kappa shape index (κ1) is 32.1. The molecule has 1 aliphatic rings. The zero-order valence-corrected chi connectivity index (χ0v) is 26.7. The Balaban J connectivity index is 1.79. The van der Waals surface area contributed by atoms with Gasteiger partial charge in [0.1, 0.15) is 5.76 Å². The predicted octanol–water partition coefficient (Wildman–Crippen LogP) is 5.31. The van der Waals surface area contributed by atoms with Crippen molar-refractivity contribution in [2.24, 2.45) is 11.8 Å². The number of hydrogen-bond acceptors (Lipinski definition) is 6. The van der Waals surface area contributed by atoms with E-state index in [0.717, 1.165) is 23.2 Å². The normalized spacial score (nSPS) is 19.7. The third kappa shape index (κ3) is 6.54. The predicted molar refractivity (Wildman–Crippen MR) is 162 cm³/mol. The van der Waals surface area contributed by atoms with Crippen LogP contribution in [0.5, 0.6) is 0 Å². The zero-order valence-electron chi connectivity index (χ0n) is 25.7. The molecule has 220 valence electrons. The van der Waals surface area contributed by atoms with E-state index in [2.05, 4.69) is 20.8 Å². The van der Waals surface area contributed by atoms with Gasteiger partial charge in [0.15, 0.2) is 0 Å². The molecule has 0 spiro atoms. The second-order valence-corrected chi connectivity index (χ2v) is 16.7. The number of rotatable bonds is 12. The molecule has 1 heterocycles. The highest BCUT2D eigenvalue weighted by molar-refractivity contribution is 6.98. The van der Waals surface area contributed by atoms with E-state index in [9.17, 15) is 14.7 Å². The van der Waals surface area contributed by atoms with Crippen LogP contribution in [0.2, 0.25) is 5.04 Å². The van der Waals surface area contributed by atoms with E-state index in [4.69, 9.17) is 14.2 Å². The van der Waals surface area contributed by atoms with Crippen molar-refractivity contribution in [1.82, 2.24) is 0 Å². The fourth-order valence-corrected chi connectivity index (χ4v) is 9.84. The lowest BCUT2D eigenvalue weighted by Gasteiger charge is -2.43. The van der Waals surface area contributed by atoms with Gasteiger partial charge in [0.05, 0.1) is 17.3 Å². The van der Waals surface area contributed by atoms with E-state index < -0.39 is 37.7 Å². The number of aliphatic hydroxyl groups excluding tert-OH is 1. The Morgan fingerprint density at radius 1 is 0.950 bits per heavy atom. The summed E-state index contributed by atoms with van der Waals surface area (Å²) in [5.41, 5.74) is -0.511. The maximum absolute atomic E-state index is 12.5. The van der Waals surface area contributed by atoms with E-state index in [0.29, 0.717) is 17.8 Å². The van der Waals surface area contributed by atoms with Gasteiger partial charge in [-0.15, -0.1) is 0 Å². The Labute approximate surface area is 241 Å². The summed E-state index contributed by atoms with van der Waals surface area (Å²) in [5.74, 6) is -1.38. The molecule has 2 aromatic carbocycles. The van der Waals surface area contributed by atoms with Gasteiger partial charge in [-0.1, -0.05) is 94.8 Å². The van der Waals surface area contributed by atoms with Crippen molar-refractivity contribution in [1.29, 1.82) is 0 Å². The molecule has 0 bridgehead atoms. The van der Waals surface area contributed by atoms with Crippen LogP contribution >= 0.6 is 0 Å². The first-order chi connectivity index (χ1) is 18.6. The zero-order chi connectivity index (χ0) is 29.9. The highest BCUT2D eigenvalue weighted by Gasteiger charge is 2.50. The molecular weight excluding hydrogens is 520 g/mol. The number of aliphatic hydroxyl groups is 1. The van der Waals surface area contributed by atoms with Gasteiger partial charge in [-0.2, -0.15) is 0 Å². The van der Waals surface area contributed by atoms with Gasteiger partial charge in [0.25, 0.3) is 8.32 Å². The molecule has 3 rings (SSSR count). The minimum absolute atomic E-state index is 0.194. The van der Waals surface area contributed by atoms with Crippen molar-refractivity contribution in [3.8, 4) is 0 Å². The molecule has 40 heavy (non-hydrogen) atoms. The van der Waals surface area contributed by atoms with Gasteiger partial charge in [0.2, 0.25) is 5.79 Å². The van der Waals surface area contributed by atoms with E-state index in [1.54, 1.807) is 27.9 Å². The molecule has 0 saturated heterocycles. The molecule has 0 aliphatic carbocycles. The van der Waals surface area contributed by atoms with Gasteiger partial charge < -0.3 is 24.1 Å². The SMILES string of the molecule is CO[C@](C)(C[C@@H](C)CCC(C)(C)[Si](O)(c1ccccc1)c1ccccc1)[C@H](O)[C@@H](C)C1=C(C)C(=O)OC(C)(C)O1. The molecular formula is C33H48O6Si. The maximum atomic E-state index is 12.5. The molecule has 7 heteroatoms. The summed E-state index contributed by atoms with van der Waals surface area (Å²) in [6.45, 7) is 15.3. The van der Waals surface area contributed by atoms with Crippen LogP contribution < -0.4 is 10.4 Å². The Morgan fingerprint density at radius 3 is 1.93 bits per heavy atom. The summed E-state index contributed by atoms with van der Waals surface area (Å²) in [5, 5.41) is 13.2. The highest BCUT2D eigenvalue weighted by atomic mass is 28.4. The van der Waals surface area contributed by atoms with E-state index >= 15 is 0 Å². The third-order valence-corrected chi connectivity index (χ3v) is 13.3. The molecule has 2 aromatic rings. The second-order valence-electron chi connectivity index (χ2n) is 12.8. The number of hydrogen-bond donors (Lipinski definition) is 2. The molecule has 2 N–H and O–H groups in total. The molecule has 0 radical (unpaired) electrons. The first-order valence-electron chi connectivity index (χ1n) is 14.3. The van der Waals surface area contributed by atoms with E-state index in [1.165, 1.54) is 0 Å². The number of carbonyl (C=O) groups excluding carboxylic acids is 1. The smallest absolute Gasteiger partial charge is 0.340 e. The topological polar surface area (TPSA) is 85.2 Å². The van der Waals surface area contributed by atoms with Crippen molar-refractivity contribution >= 4 is 24.7 Å². The molecule has 0 saturated carbocycles. The van der Waals surface area contributed by atoms with Crippen molar-refractivity contribution in [2.75, 3.05) is 7.11 Å². The standard InChI is InChI=1S/C33H48O6Si/c1-23(22-33(8,37-9)29(34)24(2)28-25(3)30(35)39-32(6,7)38-28)20-21-31(4,5)40(36,26-16-12-10-13-17-26)27-18-14-11-15-19-27/h10-19,23-24,29,34,36H,20-22H2,1-9H3/t23-,24-,29+,33+/m0/s1. The van der Waals surface area contributed by atoms with Crippen LogP contribution in [0.25, 0.3) is 0 Å². The lowest BCUT2D eigenvalue weighted by Crippen LogP contribution is -2.65. The van der Waals surface area contributed by atoms with E-state index in [-0.39, 0.29) is 11.0 Å². The van der Waals surface area contributed by atoms with Crippen LogP contribution in [0.1, 0.15) is 74.7 Å². The molecule has 0 unspecified atom stereocenters. The summed E-state index contributed by atoms with van der Waals surface area (Å²) in [6, 6.07) is 20.1. The van der Waals surface area contributed by atoms with Gasteiger partial charge in [-0.25, -0.2) is 4.79 Å². The van der Waals surface area contributed by atoms with Crippen LogP contribution in [0.15, 0.2) is 72.0 Å². The lowest BCUT2D eigenvalue weighted by atomic mass is 9.79. The van der Waals surface area contributed by atoms with Crippen molar-refractivity contribution < 1.29 is 28.9 Å². The Morgan fingerprint density at radius 2 is 1.45 bits per heavy atom. The summed E-state index contributed by atoms with van der Waals surface area (Å²) in [4.78, 5) is 24.9. The summed E-state index contributed by atoms with van der Waals surface area (Å²) in [7, 11) is -1.48. The second kappa shape index (κ2) is 12.2. The number of cyclic esters (lactones) is 1. The van der Waals surface area contributed by atoms with Crippen LogP contribution in [0.4, 0.5) is 0 Å². The van der Waals surface area contributed by atoms with Crippen LogP contribution in [0, 0.1) is 11.8 Å². The van der Waals surface area contributed by atoms with Crippen LogP contribution in [0.3, 0.4) is 0 Å². The summed E-state index contributed by atoms with van der Waals surface area (Å²) in [6.07, 6.45) is 1.33. The van der Waals surface area contributed by atoms with Crippen LogP contribution in [-0.4, -0.2) is 48.8 Å².